The van der Waals surface area contributed by atoms with E-state index in [0.717, 1.165) is 5.76 Å². The zero-order valence-electron chi connectivity index (χ0n) is 11.1. The molecule has 0 radical (unpaired) electrons. The van der Waals surface area contributed by atoms with Gasteiger partial charge in [-0.15, -0.1) is 0 Å². The highest BCUT2D eigenvalue weighted by Gasteiger charge is 2.23. The maximum absolute atomic E-state index is 8.98. The van der Waals surface area contributed by atoms with Crippen molar-refractivity contribution in [3.05, 3.63) is 35.8 Å². The number of ether oxygens (including phenoxy) is 2. The number of rotatable bonds is 1. The average molecular weight is 238 g/mol. The first kappa shape index (κ1) is 13.8. The van der Waals surface area contributed by atoms with Crippen molar-refractivity contribution in [2.75, 3.05) is 13.2 Å². The third-order valence-corrected chi connectivity index (χ3v) is 2.49. The predicted octanol–water partition coefficient (Wildman–Crippen LogP) is 2.78. The van der Waals surface area contributed by atoms with Crippen LogP contribution in [0.25, 0.3) is 0 Å². The monoisotopic (exact) mass is 238 g/mol. The first-order valence-electron chi connectivity index (χ1n) is 6.14. The van der Waals surface area contributed by atoms with Gasteiger partial charge >= 0.3 is 0 Å². The smallest absolute Gasteiger partial charge is 0.161 e. The van der Waals surface area contributed by atoms with Crippen molar-refractivity contribution < 1.29 is 14.6 Å². The molecule has 96 valence electrons. The molecule has 1 heterocycles. The standard InChI is InChI=1S/C12H16O3.C2H6/c1-12(2)5-3-10-11(4-6-12)15-9(7-13)8-14-10;1-2/h3-6,9,13H,7-8H2,1-2H3;1-2H3. The van der Waals surface area contributed by atoms with E-state index in [1.807, 2.05) is 26.0 Å². The lowest BCUT2D eigenvalue weighted by molar-refractivity contribution is -0.0212. The van der Waals surface area contributed by atoms with Crippen molar-refractivity contribution in [2.45, 2.75) is 33.8 Å². The molecule has 0 bridgehead atoms. The zero-order valence-corrected chi connectivity index (χ0v) is 11.1. The van der Waals surface area contributed by atoms with Gasteiger partial charge in [0.2, 0.25) is 0 Å². The Morgan fingerprint density at radius 1 is 1.24 bits per heavy atom. The van der Waals surface area contributed by atoms with Crippen molar-refractivity contribution in [1.29, 1.82) is 0 Å². The minimum atomic E-state index is -0.247. The molecule has 0 saturated carbocycles. The van der Waals surface area contributed by atoms with Crippen LogP contribution >= 0.6 is 0 Å². The Morgan fingerprint density at radius 3 is 2.41 bits per heavy atom. The van der Waals surface area contributed by atoms with E-state index in [1.54, 1.807) is 0 Å². The minimum Gasteiger partial charge on any atom is -0.486 e. The van der Waals surface area contributed by atoms with Gasteiger partial charge in [0.05, 0.1) is 6.61 Å². The number of hydrogen-bond donors (Lipinski definition) is 1. The van der Waals surface area contributed by atoms with Crippen LogP contribution < -0.4 is 0 Å². The predicted molar refractivity (Wildman–Crippen MR) is 68.3 cm³/mol. The summed E-state index contributed by atoms with van der Waals surface area (Å²) in [5.41, 5.74) is 0.0127. The highest BCUT2D eigenvalue weighted by molar-refractivity contribution is 5.32. The van der Waals surface area contributed by atoms with E-state index < -0.39 is 0 Å². The molecule has 0 aromatic heterocycles. The number of hydrogen-bond acceptors (Lipinski definition) is 3. The Kier molecular flexibility index (Phi) is 4.82. The summed E-state index contributed by atoms with van der Waals surface area (Å²) in [6.07, 6.45) is 7.74. The topological polar surface area (TPSA) is 38.7 Å². The zero-order chi connectivity index (χ0) is 12.9. The molecule has 1 atom stereocenters. The third-order valence-electron chi connectivity index (χ3n) is 2.49. The SMILES string of the molecule is CC.CC1(C)C=CC2=C(C=C1)OC(CO)CO2. The molecular formula is C14H22O3. The van der Waals surface area contributed by atoms with Crippen LogP contribution in [-0.2, 0) is 9.47 Å². The fraction of sp³-hybridized carbons (Fsp3) is 0.571. The molecule has 2 rings (SSSR count). The molecule has 0 saturated heterocycles. The van der Waals surface area contributed by atoms with Gasteiger partial charge in [-0.05, 0) is 12.2 Å². The Bertz CT molecular complexity index is 337. The van der Waals surface area contributed by atoms with Crippen LogP contribution in [0, 0.1) is 5.41 Å². The van der Waals surface area contributed by atoms with Crippen LogP contribution in [0.5, 0.6) is 0 Å². The number of aliphatic hydroxyl groups is 1. The molecule has 0 aromatic rings. The Hall–Kier alpha value is -1.22. The van der Waals surface area contributed by atoms with Crippen molar-refractivity contribution in [3.8, 4) is 0 Å². The normalized spacial score (nSPS) is 24.9. The Labute approximate surface area is 103 Å². The molecule has 0 spiro atoms. The van der Waals surface area contributed by atoms with E-state index in [-0.39, 0.29) is 18.1 Å². The van der Waals surface area contributed by atoms with Crippen LogP contribution in [-0.4, -0.2) is 24.4 Å². The molecular weight excluding hydrogens is 216 g/mol. The number of aliphatic hydroxyl groups excluding tert-OH is 1. The molecule has 0 amide bonds. The summed E-state index contributed by atoms with van der Waals surface area (Å²) in [5.74, 6) is 1.46. The second kappa shape index (κ2) is 5.92. The summed E-state index contributed by atoms with van der Waals surface area (Å²) < 4.78 is 11.1. The van der Waals surface area contributed by atoms with Gasteiger partial charge in [-0.3, -0.25) is 0 Å². The van der Waals surface area contributed by atoms with Crippen molar-refractivity contribution in [3.63, 3.8) is 0 Å². The lowest BCUT2D eigenvalue weighted by Crippen LogP contribution is -2.27. The highest BCUT2D eigenvalue weighted by Crippen LogP contribution is 2.29. The molecule has 17 heavy (non-hydrogen) atoms. The fourth-order valence-corrected chi connectivity index (χ4v) is 1.50. The van der Waals surface area contributed by atoms with Gasteiger partial charge in [-0.2, -0.15) is 0 Å². The van der Waals surface area contributed by atoms with Gasteiger partial charge in [-0.1, -0.05) is 39.8 Å². The Morgan fingerprint density at radius 2 is 1.82 bits per heavy atom. The lowest BCUT2D eigenvalue weighted by Gasteiger charge is -2.24. The summed E-state index contributed by atoms with van der Waals surface area (Å²) in [6, 6.07) is 0. The first-order chi connectivity index (χ1) is 8.11. The van der Waals surface area contributed by atoms with E-state index in [2.05, 4.69) is 26.0 Å². The van der Waals surface area contributed by atoms with Gasteiger partial charge in [0, 0.05) is 5.41 Å². The first-order valence-corrected chi connectivity index (χ1v) is 6.14. The fourth-order valence-electron chi connectivity index (χ4n) is 1.50. The van der Waals surface area contributed by atoms with Crippen LogP contribution in [0.2, 0.25) is 0 Å². The highest BCUT2D eigenvalue weighted by atomic mass is 16.6. The second-order valence-electron chi connectivity index (χ2n) is 4.45. The molecule has 3 nitrogen and oxygen atoms in total. The molecule has 3 heteroatoms. The summed E-state index contributed by atoms with van der Waals surface area (Å²) >= 11 is 0. The van der Waals surface area contributed by atoms with Crippen molar-refractivity contribution >= 4 is 0 Å². The van der Waals surface area contributed by atoms with Gasteiger partial charge in [-0.25, -0.2) is 0 Å². The second-order valence-corrected chi connectivity index (χ2v) is 4.45. The van der Waals surface area contributed by atoms with Gasteiger partial charge in [0.15, 0.2) is 17.6 Å². The van der Waals surface area contributed by atoms with E-state index in [9.17, 15) is 0 Å². The minimum absolute atomic E-state index is 0.0127. The molecule has 2 aliphatic rings. The summed E-state index contributed by atoms with van der Waals surface area (Å²) in [5, 5.41) is 8.98. The molecule has 1 N–H and O–H groups in total. The molecule has 0 fully saturated rings. The van der Waals surface area contributed by atoms with Crippen LogP contribution in [0.1, 0.15) is 27.7 Å². The quantitative estimate of drug-likeness (QED) is 0.763. The third kappa shape index (κ3) is 3.63. The van der Waals surface area contributed by atoms with Crippen molar-refractivity contribution in [2.24, 2.45) is 5.41 Å². The van der Waals surface area contributed by atoms with E-state index in [0.29, 0.717) is 12.4 Å². The van der Waals surface area contributed by atoms with Gasteiger partial charge < -0.3 is 14.6 Å². The molecule has 1 unspecified atom stereocenters. The van der Waals surface area contributed by atoms with Crippen molar-refractivity contribution in [1.82, 2.24) is 0 Å². The molecule has 1 aliphatic heterocycles. The summed E-state index contributed by atoms with van der Waals surface area (Å²) in [4.78, 5) is 0. The van der Waals surface area contributed by atoms with Crippen LogP contribution in [0.15, 0.2) is 35.8 Å². The van der Waals surface area contributed by atoms with E-state index in [1.165, 1.54) is 0 Å². The van der Waals surface area contributed by atoms with Crippen LogP contribution in [0.3, 0.4) is 0 Å². The largest absolute Gasteiger partial charge is 0.486 e. The maximum atomic E-state index is 8.98. The van der Waals surface area contributed by atoms with E-state index in [4.69, 9.17) is 14.6 Å². The maximum Gasteiger partial charge on any atom is 0.161 e. The van der Waals surface area contributed by atoms with Gasteiger partial charge in [0.25, 0.3) is 0 Å². The summed E-state index contributed by atoms with van der Waals surface area (Å²) in [7, 11) is 0. The van der Waals surface area contributed by atoms with E-state index >= 15 is 0 Å². The average Bonchev–Trinajstić information content (AvgIpc) is 2.51. The molecule has 1 aliphatic carbocycles. The number of allylic oxidation sites excluding steroid dienone is 4. The molecule has 0 aromatic carbocycles. The Balaban J connectivity index is 0.000000686. The van der Waals surface area contributed by atoms with Gasteiger partial charge in [0.1, 0.15) is 6.61 Å². The van der Waals surface area contributed by atoms with Crippen LogP contribution in [0.4, 0.5) is 0 Å². The lowest BCUT2D eigenvalue weighted by atomic mass is 9.93. The summed E-state index contributed by atoms with van der Waals surface area (Å²) in [6.45, 7) is 8.62.